The number of pyridine rings is 2. The van der Waals surface area contributed by atoms with E-state index in [0.717, 1.165) is 60.2 Å². The van der Waals surface area contributed by atoms with E-state index in [-0.39, 0.29) is 22.3 Å². The molecule has 0 bridgehead atoms. The van der Waals surface area contributed by atoms with Gasteiger partial charge >= 0.3 is 0 Å². The van der Waals surface area contributed by atoms with Crippen molar-refractivity contribution >= 4 is 43.9 Å². The second-order valence-electron chi connectivity index (χ2n) is 9.65. The van der Waals surface area contributed by atoms with Crippen LogP contribution in [0, 0.1) is 17.0 Å². The maximum atomic E-state index is 14.2. The van der Waals surface area contributed by atoms with Crippen LogP contribution < -0.4 is 15.4 Å². The van der Waals surface area contributed by atoms with E-state index in [4.69, 9.17) is 17.3 Å². The number of sulfonamides is 1. The monoisotopic (exact) mass is 541 g/mol. The number of nitrogens with zero attached hydrogens (tertiary/aromatic N) is 3. The van der Waals surface area contributed by atoms with Gasteiger partial charge in [0, 0.05) is 59.6 Å². The fraction of sp³-hybridized carbons (Fsp3) is 0.231. The molecule has 2 aromatic carbocycles. The van der Waals surface area contributed by atoms with Crippen molar-refractivity contribution in [3.63, 3.8) is 0 Å². The molecule has 1 spiro atoms. The van der Waals surface area contributed by atoms with E-state index in [2.05, 4.69) is 19.6 Å². The summed E-state index contributed by atoms with van der Waals surface area (Å²) in [6.07, 6.45) is 5.61. The maximum absolute atomic E-state index is 14.2. The number of hydrogen-bond donors (Lipinski definition) is 2. The van der Waals surface area contributed by atoms with Crippen molar-refractivity contribution in [3.05, 3.63) is 77.7 Å². The molecule has 1 atom stereocenters. The van der Waals surface area contributed by atoms with E-state index in [0.29, 0.717) is 11.6 Å². The molecule has 37 heavy (non-hydrogen) atoms. The van der Waals surface area contributed by atoms with E-state index in [1.807, 2.05) is 24.3 Å². The summed E-state index contributed by atoms with van der Waals surface area (Å²) in [6.45, 7) is 1.68. The summed E-state index contributed by atoms with van der Waals surface area (Å²) in [5.41, 5.74) is 9.83. The Bertz CT molecular complexity index is 1660. The van der Waals surface area contributed by atoms with Gasteiger partial charge in [0.1, 0.15) is 16.5 Å². The molecule has 0 radical (unpaired) electrons. The highest BCUT2D eigenvalue weighted by atomic mass is 35.5. The molecule has 1 saturated carbocycles. The van der Waals surface area contributed by atoms with Crippen molar-refractivity contribution in [2.75, 3.05) is 22.7 Å². The number of aromatic nitrogens is 2. The predicted molar refractivity (Wildman–Crippen MR) is 139 cm³/mol. The third-order valence-electron chi connectivity index (χ3n) is 7.26. The molecule has 0 amide bonds. The minimum Gasteiger partial charge on any atom is -0.369 e. The summed E-state index contributed by atoms with van der Waals surface area (Å²) in [4.78, 5) is 10.2. The third kappa shape index (κ3) is 4.28. The van der Waals surface area contributed by atoms with Gasteiger partial charge in [-0.05, 0) is 54.8 Å². The van der Waals surface area contributed by atoms with Crippen molar-refractivity contribution in [1.82, 2.24) is 9.97 Å². The highest BCUT2D eigenvalue weighted by Crippen LogP contribution is 2.53. The Morgan fingerprint density at radius 2 is 1.86 bits per heavy atom. The SMILES string of the molecule is NC1CN(c2ccnc3ccc(-c4cnc(Cl)c(NS(=O)(=O)c5ccc(F)cc5F)c4)cc23)CC12CC2. The van der Waals surface area contributed by atoms with E-state index in [1.165, 1.54) is 12.3 Å². The average molecular weight is 542 g/mol. The molecular weight excluding hydrogens is 520 g/mol. The van der Waals surface area contributed by atoms with Crippen molar-refractivity contribution in [1.29, 1.82) is 0 Å². The van der Waals surface area contributed by atoms with Gasteiger partial charge in [0.05, 0.1) is 11.2 Å². The first kappa shape index (κ1) is 24.0. The largest absolute Gasteiger partial charge is 0.369 e. The summed E-state index contributed by atoms with van der Waals surface area (Å²) in [6, 6.07) is 11.6. The number of nitrogens with two attached hydrogens (primary N) is 1. The molecule has 2 fully saturated rings. The van der Waals surface area contributed by atoms with Crippen LogP contribution in [-0.2, 0) is 10.0 Å². The molecule has 4 aromatic rings. The summed E-state index contributed by atoms with van der Waals surface area (Å²) < 4.78 is 55.3. The molecule has 3 N–H and O–H groups in total. The Hall–Kier alpha value is -3.34. The lowest BCUT2D eigenvalue weighted by atomic mass is 10.0. The minimum atomic E-state index is -4.39. The number of rotatable bonds is 5. The highest BCUT2D eigenvalue weighted by Gasteiger charge is 2.53. The molecule has 1 saturated heterocycles. The number of anilines is 2. The first-order valence-electron chi connectivity index (χ1n) is 11.7. The van der Waals surface area contributed by atoms with Gasteiger partial charge in [0.2, 0.25) is 0 Å². The van der Waals surface area contributed by atoms with Crippen LogP contribution in [0.5, 0.6) is 0 Å². The predicted octanol–water partition coefficient (Wildman–Crippen LogP) is 4.96. The average Bonchev–Trinajstić information content (AvgIpc) is 3.57. The number of hydrogen-bond acceptors (Lipinski definition) is 6. The van der Waals surface area contributed by atoms with Crippen molar-refractivity contribution in [3.8, 4) is 11.1 Å². The summed E-state index contributed by atoms with van der Waals surface area (Å²) in [5.74, 6) is -2.09. The van der Waals surface area contributed by atoms with Gasteiger partial charge in [-0.3, -0.25) is 9.71 Å². The number of fused-ring (bicyclic) bond motifs is 1. The Kier molecular flexibility index (Phi) is 5.59. The third-order valence-corrected chi connectivity index (χ3v) is 8.96. The second-order valence-corrected chi connectivity index (χ2v) is 11.7. The first-order valence-corrected chi connectivity index (χ1v) is 13.5. The lowest BCUT2D eigenvalue weighted by Crippen LogP contribution is -2.30. The molecule has 6 rings (SSSR count). The van der Waals surface area contributed by atoms with Gasteiger partial charge in [-0.2, -0.15) is 0 Å². The minimum absolute atomic E-state index is 0.0319. The van der Waals surface area contributed by atoms with Crippen LogP contribution in [0.15, 0.2) is 65.8 Å². The van der Waals surface area contributed by atoms with E-state index in [1.54, 1.807) is 6.20 Å². The van der Waals surface area contributed by atoms with Gasteiger partial charge in [-0.25, -0.2) is 22.2 Å². The topological polar surface area (TPSA) is 101 Å². The molecule has 1 aliphatic heterocycles. The number of nitrogens with one attached hydrogen (secondary N) is 1. The van der Waals surface area contributed by atoms with Gasteiger partial charge < -0.3 is 10.6 Å². The van der Waals surface area contributed by atoms with Crippen LogP contribution in [-0.4, -0.2) is 37.5 Å². The normalized spacial score (nSPS) is 18.5. The second kappa shape index (κ2) is 8.61. The highest BCUT2D eigenvalue weighted by molar-refractivity contribution is 7.92. The zero-order valence-corrected chi connectivity index (χ0v) is 21.0. The van der Waals surface area contributed by atoms with Crippen LogP contribution in [0.2, 0.25) is 5.15 Å². The Labute approximate surface area is 217 Å². The Morgan fingerprint density at radius 3 is 2.59 bits per heavy atom. The molecule has 11 heteroatoms. The molecule has 3 heterocycles. The number of benzene rings is 2. The molecule has 2 aromatic heterocycles. The maximum Gasteiger partial charge on any atom is 0.264 e. The van der Waals surface area contributed by atoms with Crippen molar-refractivity contribution in [2.24, 2.45) is 11.1 Å². The standard InChI is InChI=1S/C26H22ClF2N5O2S/c27-25-21(33-37(35,36)23-4-2-17(28)11-19(23)29)10-16(12-32-25)15-1-3-20-18(9-15)22(5-8-31-20)34-13-24(30)26(14-34)6-7-26/h1-5,8-12,24,33H,6-7,13-14,30H2. The zero-order chi connectivity index (χ0) is 25.9. The Morgan fingerprint density at radius 1 is 1.05 bits per heavy atom. The van der Waals surface area contributed by atoms with Gasteiger partial charge in [0.25, 0.3) is 10.0 Å². The summed E-state index contributed by atoms with van der Waals surface area (Å²) in [7, 11) is -4.39. The van der Waals surface area contributed by atoms with Crippen molar-refractivity contribution in [2.45, 2.75) is 23.8 Å². The molecule has 2 aliphatic rings. The molecular formula is C26H22ClF2N5O2S. The summed E-state index contributed by atoms with van der Waals surface area (Å²) >= 11 is 6.17. The lowest BCUT2D eigenvalue weighted by Gasteiger charge is -2.20. The zero-order valence-electron chi connectivity index (χ0n) is 19.5. The van der Waals surface area contributed by atoms with Gasteiger partial charge in [-0.1, -0.05) is 17.7 Å². The number of halogens is 3. The molecule has 7 nitrogen and oxygen atoms in total. The van der Waals surface area contributed by atoms with Crippen molar-refractivity contribution < 1.29 is 17.2 Å². The fourth-order valence-corrected chi connectivity index (χ4v) is 6.35. The van der Waals surface area contributed by atoms with Gasteiger partial charge in [-0.15, -0.1) is 0 Å². The quantitative estimate of drug-likeness (QED) is 0.346. The first-order chi connectivity index (χ1) is 17.6. The Balaban J connectivity index is 1.36. The van der Waals surface area contributed by atoms with Crippen LogP contribution in [0.4, 0.5) is 20.2 Å². The molecule has 1 unspecified atom stereocenters. The van der Waals surface area contributed by atoms with Gasteiger partial charge in [0.15, 0.2) is 5.15 Å². The van der Waals surface area contributed by atoms with Crippen LogP contribution >= 0.6 is 11.6 Å². The molecule has 190 valence electrons. The van der Waals surface area contributed by atoms with E-state index >= 15 is 0 Å². The van der Waals surface area contributed by atoms with Crippen LogP contribution in [0.3, 0.4) is 0 Å². The van der Waals surface area contributed by atoms with Crippen LogP contribution in [0.1, 0.15) is 12.8 Å². The molecule has 1 aliphatic carbocycles. The van der Waals surface area contributed by atoms with Crippen LogP contribution in [0.25, 0.3) is 22.0 Å². The van der Waals surface area contributed by atoms with E-state index in [9.17, 15) is 17.2 Å². The lowest BCUT2D eigenvalue weighted by molar-refractivity contribution is 0.500. The van der Waals surface area contributed by atoms with E-state index < -0.39 is 26.6 Å². The summed E-state index contributed by atoms with van der Waals surface area (Å²) in [5, 5.41) is 0.828. The fourth-order valence-electron chi connectivity index (χ4n) is 5.02. The smallest absolute Gasteiger partial charge is 0.264 e.